The van der Waals surface area contributed by atoms with Gasteiger partial charge in [0.2, 0.25) is 21.8 Å². The van der Waals surface area contributed by atoms with Gasteiger partial charge < -0.3 is 19.9 Å². The predicted molar refractivity (Wildman–Crippen MR) is 115 cm³/mol. The summed E-state index contributed by atoms with van der Waals surface area (Å²) in [6, 6.07) is 8.03. The van der Waals surface area contributed by atoms with Crippen LogP contribution in [0.3, 0.4) is 0 Å². The smallest absolute Gasteiger partial charge is 0.243 e. The van der Waals surface area contributed by atoms with E-state index in [0.29, 0.717) is 37.9 Å². The van der Waals surface area contributed by atoms with Crippen LogP contribution < -0.4 is 10.6 Å². The van der Waals surface area contributed by atoms with E-state index in [-0.39, 0.29) is 34.8 Å². The third-order valence-electron chi connectivity index (χ3n) is 4.38. The number of sulfonamides is 1. The van der Waals surface area contributed by atoms with E-state index in [1.807, 2.05) is 0 Å². The molecule has 2 amide bonds. The number of nitrogens with zero attached hydrogens (tertiary/aromatic N) is 2. The lowest BCUT2D eigenvalue weighted by molar-refractivity contribution is -0.118. The maximum atomic E-state index is 12.6. The van der Waals surface area contributed by atoms with Crippen LogP contribution in [0.2, 0.25) is 0 Å². The van der Waals surface area contributed by atoms with Crippen LogP contribution in [-0.4, -0.2) is 67.5 Å². The van der Waals surface area contributed by atoms with Crippen molar-refractivity contribution in [1.82, 2.24) is 14.8 Å². The number of hydrogen-bond acceptors (Lipinski definition) is 8. The maximum Gasteiger partial charge on any atom is 0.243 e. The third-order valence-corrected chi connectivity index (χ3v) is 7.23. The van der Waals surface area contributed by atoms with Gasteiger partial charge in [0.25, 0.3) is 0 Å². The summed E-state index contributed by atoms with van der Waals surface area (Å²) >= 11 is 1.17. The molecule has 2 aromatic rings. The molecule has 1 aromatic carbocycles. The fourth-order valence-corrected chi connectivity index (χ4v) is 4.86. The second-order valence-corrected chi connectivity index (χ2v) is 9.72. The lowest BCUT2D eigenvalue weighted by Gasteiger charge is -2.26. The molecular weight excluding hydrogens is 444 g/mol. The van der Waals surface area contributed by atoms with Crippen molar-refractivity contribution in [3.8, 4) is 0 Å². The molecule has 1 aromatic heterocycles. The summed E-state index contributed by atoms with van der Waals surface area (Å²) in [6.07, 6.45) is 0. The van der Waals surface area contributed by atoms with Crippen LogP contribution in [-0.2, 0) is 30.9 Å². The molecule has 1 fully saturated rings. The zero-order chi connectivity index (χ0) is 22.3. The molecular formula is C19H24N4O6S2. The van der Waals surface area contributed by atoms with E-state index in [1.165, 1.54) is 28.2 Å². The van der Waals surface area contributed by atoms with E-state index in [1.54, 1.807) is 25.1 Å². The highest BCUT2D eigenvalue weighted by atomic mass is 32.2. The van der Waals surface area contributed by atoms with Gasteiger partial charge in [-0.25, -0.2) is 8.42 Å². The van der Waals surface area contributed by atoms with Crippen molar-refractivity contribution in [1.29, 1.82) is 0 Å². The molecule has 2 N–H and O–H groups in total. The summed E-state index contributed by atoms with van der Waals surface area (Å²) in [5.74, 6) is 0.659. The number of ether oxygens (including phenoxy) is 1. The number of rotatable bonds is 9. The Morgan fingerprint density at radius 3 is 2.45 bits per heavy atom. The molecule has 0 bridgehead atoms. The Kier molecular flexibility index (Phi) is 8.07. The van der Waals surface area contributed by atoms with Crippen LogP contribution in [0.5, 0.6) is 0 Å². The molecule has 0 aliphatic carbocycles. The zero-order valence-electron chi connectivity index (χ0n) is 17.0. The Hall–Kier alpha value is -2.41. The quantitative estimate of drug-likeness (QED) is 0.557. The molecule has 168 valence electrons. The van der Waals surface area contributed by atoms with E-state index in [9.17, 15) is 18.0 Å². The van der Waals surface area contributed by atoms with Gasteiger partial charge in [0, 0.05) is 25.7 Å². The number of amides is 2. The largest absolute Gasteiger partial charge is 0.379 e. The van der Waals surface area contributed by atoms with Crippen LogP contribution in [0.4, 0.5) is 5.82 Å². The summed E-state index contributed by atoms with van der Waals surface area (Å²) in [5, 5.41) is 9.00. The first-order chi connectivity index (χ1) is 14.8. The standard InChI is InChI=1S/C19H24N4O6S2/c1-14-10-17(22-29-14)21-19(25)13-30-12-18(24)20-11-15-2-4-16(5-3-15)31(26,27)23-6-8-28-9-7-23/h2-5,10H,6-9,11-13H2,1H3,(H,20,24)(H,21,22,25). The highest BCUT2D eigenvalue weighted by Crippen LogP contribution is 2.17. The fourth-order valence-electron chi connectivity index (χ4n) is 2.81. The van der Waals surface area contributed by atoms with Crippen molar-refractivity contribution < 1.29 is 27.3 Å². The Balaban J connectivity index is 1.39. The number of nitrogens with one attached hydrogen (secondary N) is 2. The van der Waals surface area contributed by atoms with Crippen molar-refractivity contribution >= 4 is 39.4 Å². The Morgan fingerprint density at radius 1 is 1.13 bits per heavy atom. The predicted octanol–water partition coefficient (Wildman–Crippen LogP) is 0.992. The van der Waals surface area contributed by atoms with Gasteiger partial charge in [-0.15, -0.1) is 11.8 Å². The highest BCUT2D eigenvalue weighted by Gasteiger charge is 2.26. The molecule has 1 aliphatic rings. The van der Waals surface area contributed by atoms with Crippen LogP contribution in [0.15, 0.2) is 39.8 Å². The maximum absolute atomic E-state index is 12.6. The number of morpholine rings is 1. The van der Waals surface area contributed by atoms with Gasteiger partial charge in [-0.05, 0) is 24.6 Å². The van der Waals surface area contributed by atoms with Gasteiger partial charge in [0.05, 0.1) is 29.6 Å². The van der Waals surface area contributed by atoms with Gasteiger partial charge in [-0.1, -0.05) is 17.3 Å². The number of benzene rings is 1. The second-order valence-electron chi connectivity index (χ2n) is 6.80. The first-order valence-corrected chi connectivity index (χ1v) is 12.2. The van der Waals surface area contributed by atoms with E-state index in [2.05, 4.69) is 15.8 Å². The fraction of sp³-hybridized carbons (Fsp3) is 0.421. The number of hydrogen-bond donors (Lipinski definition) is 2. The Morgan fingerprint density at radius 2 is 1.81 bits per heavy atom. The first-order valence-electron chi connectivity index (χ1n) is 9.59. The number of anilines is 1. The summed E-state index contributed by atoms with van der Waals surface area (Å²) in [6.45, 7) is 3.45. The molecule has 0 saturated carbocycles. The average Bonchev–Trinajstić information content (AvgIpc) is 3.17. The van der Waals surface area contributed by atoms with Gasteiger partial charge in [-0.2, -0.15) is 4.31 Å². The van der Waals surface area contributed by atoms with Gasteiger partial charge in [0.15, 0.2) is 5.82 Å². The summed E-state index contributed by atoms with van der Waals surface area (Å²) < 4.78 is 36.7. The number of thioether (sulfide) groups is 1. The minimum Gasteiger partial charge on any atom is -0.379 e. The molecule has 0 unspecified atom stereocenters. The lowest BCUT2D eigenvalue weighted by atomic mass is 10.2. The second kappa shape index (κ2) is 10.8. The topological polar surface area (TPSA) is 131 Å². The molecule has 3 rings (SSSR count). The molecule has 0 spiro atoms. The number of aromatic nitrogens is 1. The zero-order valence-corrected chi connectivity index (χ0v) is 18.6. The van der Waals surface area contributed by atoms with Crippen molar-refractivity contribution in [3.63, 3.8) is 0 Å². The molecule has 12 heteroatoms. The van der Waals surface area contributed by atoms with Gasteiger partial charge in [0.1, 0.15) is 5.76 Å². The van der Waals surface area contributed by atoms with Crippen molar-refractivity contribution in [3.05, 3.63) is 41.7 Å². The van der Waals surface area contributed by atoms with Gasteiger partial charge in [-0.3, -0.25) is 9.59 Å². The third kappa shape index (κ3) is 6.79. The normalized spacial score (nSPS) is 14.9. The number of carbonyl (C=O) groups excluding carboxylic acids is 2. The van der Waals surface area contributed by atoms with E-state index < -0.39 is 10.0 Å². The molecule has 0 radical (unpaired) electrons. The molecule has 0 atom stereocenters. The molecule has 2 heterocycles. The molecule has 1 aliphatic heterocycles. The summed E-state index contributed by atoms with van der Waals surface area (Å²) in [7, 11) is -3.54. The minimum atomic E-state index is -3.54. The van der Waals surface area contributed by atoms with Crippen molar-refractivity contribution in [2.24, 2.45) is 0 Å². The Bertz CT molecular complexity index is 1000. The average molecular weight is 469 g/mol. The summed E-state index contributed by atoms with van der Waals surface area (Å²) in [5.41, 5.74) is 0.776. The van der Waals surface area contributed by atoms with Crippen LogP contribution in [0.1, 0.15) is 11.3 Å². The van der Waals surface area contributed by atoms with E-state index in [4.69, 9.17) is 9.26 Å². The summed E-state index contributed by atoms with van der Waals surface area (Å²) in [4.78, 5) is 24.0. The highest BCUT2D eigenvalue weighted by molar-refractivity contribution is 8.00. The lowest BCUT2D eigenvalue weighted by Crippen LogP contribution is -2.40. The molecule has 10 nitrogen and oxygen atoms in total. The number of aryl methyl sites for hydroxylation is 1. The first kappa shape index (κ1) is 23.3. The minimum absolute atomic E-state index is 0.105. The van der Waals surface area contributed by atoms with Crippen LogP contribution in [0.25, 0.3) is 0 Å². The monoisotopic (exact) mass is 468 g/mol. The van der Waals surface area contributed by atoms with Gasteiger partial charge >= 0.3 is 0 Å². The Labute approximate surface area is 184 Å². The van der Waals surface area contributed by atoms with Crippen LogP contribution in [0, 0.1) is 6.92 Å². The van der Waals surface area contributed by atoms with E-state index in [0.717, 1.165) is 5.56 Å². The van der Waals surface area contributed by atoms with Crippen molar-refractivity contribution in [2.45, 2.75) is 18.4 Å². The van der Waals surface area contributed by atoms with Crippen molar-refractivity contribution in [2.75, 3.05) is 43.1 Å². The molecule has 1 saturated heterocycles. The van der Waals surface area contributed by atoms with Crippen LogP contribution >= 0.6 is 11.8 Å². The number of carbonyl (C=O) groups is 2. The SMILES string of the molecule is Cc1cc(NC(=O)CSCC(=O)NCc2ccc(S(=O)(=O)N3CCOCC3)cc2)no1. The molecule has 31 heavy (non-hydrogen) atoms. The van der Waals surface area contributed by atoms with E-state index >= 15 is 0 Å².